The maximum atomic E-state index is 5.46. The van der Waals surface area contributed by atoms with E-state index >= 15 is 0 Å². The van der Waals surface area contributed by atoms with Gasteiger partial charge in [-0.25, -0.2) is 0 Å². The molecule has 84 valence electrons. The van der Waals surface area contributed by atoms with Gasteiger partial charge >= 0.3 is 0 Å². The van der Waals surface area contributed by atoms with E-state index in [1.807, 2.05) is 0 Å². The van der Waals surface area contributed by atoms with Gasteiger partial charge in [0.15, 0.2) is 0 Å². The number of ether oxygens (including phenoxy) is 1. The molecule has 0 bridgehead atoms. The van der Waals surface area contributed by atoms with Crippen LogP contribution in [0.5, 0.6) is 0 Å². The summed E-state index contributed by atoms with van der Waals surface area (Å²) >= 11 is 0. The highest BCUT2D eigenvalue weighted by Gasteiger charge is 2.23. The van der Waals surface area contributed by atoms with Gasteiger partial charge in [-0.3, -0.25) is 0 Å². The Kier molecular flexibility index (Phi) is 3.44. The molecule has 0 aromatic carbocycles. The van der Waals surface area contributed by atoms with Crippen LogP contribution >= 0.6 is 0 Å². The summed E-state index contributed by atoms with van der Waals surface area (Å²) in [6.07, 6.45) is 5.28. The number of rotatable bonds is 4. The average Bonchev–Trinajstić information content (AvgIpc) is 2.67. The van der Waals surface area contributed by atoms with E-state index in [9.17, 15) is 0 Å². The highest BCUT2D eigenvalue weighted by Crippen LogP contribution is 2.30. The topological polar surface area (TPSA) is 34.4 Å². The SMILES string of the molecule is COC[C@H](C)N[C@@H]1CCCc2occc21. The van der Waals surface area contributed by atoms with E-state index in [2.05, 4.69) is 18.3 Å². The van der Waals surface area contributed by atoms with E-state index < -0.39 is 0 Å². The Morgan fingerprint density at radius 2 is 2.53 bits per heavy atom. The number of furan rings is 1. The summed E-state index contributed by atoms with van der Waals surface area (Å²) in [5.74, 6) is 1.16. The first-order chi connectivity index (χ1) is 7.31. The van der Waals surface area contributed by atoms with Crippen LogP contribution in [0.15, 0.2) is 16.7 Å². The van der Waals surface area contributed by atoms with Crippen molar-refractivity contribution in [2.24, 2.45) is 0 Å². The molecule has 1 aliphatic carbocycles. The number of hydrogen-bond donors (Lipinski definition) is 1. The van der Waals surface area contributed by atoms with Gasteiger partial charge in [-0.05, 0) is 25.8 Å². The fourth-order valence-corrected chi connectivity index (χ4v) is 2.30. The van der Waals surface area contributed by atoms with Gasteiger partial charge in [-0.15, -0.1) is 0 Å². The van der Waals surface area contributed by atoms with Crippen molar-refractivity contribution in [1.82, 2.24) is 5.32 Å². The van der Waals surface area contributed by atoms with Gasteiger partial charge in [0.2, 0.25) is 0 Å². The van der Waals surface area contributed by atoms with Crippen LogP contribution in [-0.4, -0.2) is 19.8 Å². The molecule has 15 heavy (non-hydrogen) atoms. The maximum absolute atomic E-state index is 5.46. The summed E-state index contributed by atoms with van der Waals surface area (Å²) in [6.45, 7) is 2.90. The largest absolute Gasteiger partial charge is 0.469 e. The van der Waals surface area contributed by atoms with Crippen molar-refractivity contribution in [3.8, 4) is 0 Å². The first-order valence-electron chi connectivity index (χ1n) is 5.62. The number of hydrogen-bond acceptors (Lipinski definition) is 3. The van der Waals surface area contributed by atoms with Crippen molar-refractivity contribution in [1.29, 1.82) is 0 Å². The molecule has 0 saturated heterocycles. The first kappa shape index (κ1) is 10.7. The molecule has 0 radical (unpaired) electrons. The van der Waals surface area contributed by atoms with E-state index in [0.717, 1.165) is 18.8 Å². The van der Waals surface area contributed by atoms with Crippen LogP contribution in [0.1, 0.15) is 37.1 Å². The molecule has 0 fully saturated rings. The molecule has 3 nitrogen and oxygen atoms in total. The molecular formula is C12H19NO2. The fraction of sp³-hybridized carbons (Fsp3) is 0.667. The molecule has 3 heteroatoms. The number of nitrogens with one attached hydrogen (secondary N) is 1. The quantitative estimate of drug-likeness (QED) is 0.826. The standard InChI is InChI=1S/C12H19NO2/c1-9(8-14-2)13-11-4-3-5-12-10(11)6-7-15-12/h6-7,9,11,13H,3-5,8H2,1-2H3/t9-,11+/m0/s1. The van der Waals surface area contributed by atoms with Crippen molar-refractivity contribution in [2.45, 2.75) is 38.3 Å². The van der Waals surface area contributed by atoms with Crippen LogP contribution in [0.25, 0.3) is 0 Å². The van der Waals surface area contributed by atoms with Gasteiger partial charge < -0.3 is 14.5 Å². The van der Waals surface area contributed by atoms with Gasteiger partial charge in [0, 0.05) is 31.2 Å². The molecular weight excluding hydrogens is 190 g/mol. The summed E-state index contributed by atoms with van der Waals surface area (Å²) in [5.41, 5.74) is 1.34. The zero-order chi connectivity index (χ0) is 10.7. The molecule has 1 aliphatic rings. The van der Waals surface area contributed by atoms with E-state index in [-0.39, 0.29) is 0 Å². The maximum Gasteiger partial charge on any atom is 0.108 e. The second-order valence-corrected chi connectivity index (χ2v) is 4.27. The summed E-state index contributed by atoms with van der Waals surface area (Å²) < 4.78 is 10.6. The van der Waals surface area contributed by atoms with Crippen molar-refractivity contribution >= 4 is 0 Å². The Bertz CT molecular complexity index is 308. The number of methoxy groups -OCH3 is 1. The predicted molar refractivity (Wildman–Crippen MR) is 58.9 cm³/mol. The summed E-state index contributed by atoms with van der Waals surface area (Å²) in [6, 6.07) is 2.92. The second-order valence-electron chi connectivity index (χ2n) is 4.27. The highest BCUT2D eigenvalue weighted by molar-refractivity contribution is 5.24. The van der Waals surface area contributed by atoms with E-state index in [1.165, 1.54) is 18.4 Å². The molecule has 0 unspecified atom stereocenters. The lowest BCUT2D eigenvalue weighted by molar-refractivity contribution is 0.164. The normalized spacial score (nSPS) is 22.4. The molecule has 0 amide bonds. The second kappa shape index (κ2) is 4.81. The van der Waals surface area contributed by atoms with Gasteiger partial charge in [-0.2, -0.15) is 0 Å². The Hall–Kier alpha value is -0.800. The lowest BCUT2D eigenvalue weighted by Gasteiger charge is -2.26. The molecule has 1 aromatic heterocycles. The van der Waals surface area contributed by atoms with Gasteiger partial charge in [0.1, 0.15) is 5.76 Å². The van der Waals surface area contributed by atoms with Crippen molar-refractivity contribution in [3.05, 3.63) is 23.7 Å². The minimum absolute atomic E-state index is 0.390. The highest BCUT2D eigenvalue weighted by atomic mass is 16.5. The van der Waals surface area contributed by atoms with E-state index in [4.69, 9.17) is 9.15 Å². The minimum Gasteiger partial charge on any atom is -0.469 e. The molecule has 2 atom stereocenters. The minimum atomic E-state index is 0.390. The van der Waals surface area contributed by atoms with Crippen LogP contribution in [0, 0.1) is 0 Å². The van der Waals surface area contributed by atoms with E-state index in [0.29, 0.717) is 12.1 Å². The molecule has 1 N–H and O–H groups in total. The number of fused-ring (bicyclic) bond motifs is 1. The third kappa shape index (κ3) is 2.41. The van der Waals surface area contributed by atoms with Crippen LogP contribution in [-0.2, 0) is 11.2 Å². The average molecular weight is 209 g/mol. The van der Waals surface area contributed by atoms with Gasteiger partial charge in [-0.1, -0.05) is 0 Å². The zero-order valence-corrected chi connectivity index (χ0v) is 9.45. The molecule has 2 rings (SSSR count). The summed E-state index contributed by atoms with van der Waals surface area (Å²) in [7, 11) is 1.74. The van der Waals surface area contributed by atoms with Crippen molar-refractivity contribution in [3.63, 3.8) is 0 Å². The Morgan fingerprint density at radius 1 is 1.67 bits per heavy atom. The zero-order valence-electron chi connectivity index (χ0n) is 9.45. The predicted octanol–water partition coefficient (Wildman–Crippen LogP) is 2.28. The molecule has 0 spiro atoms. The monoisotopic (exact) mass is 209 g/mol. The first-order valence-corrected chi connectivity index (χ1v) is 5.62. The third-order valence-corrected chi connectivity index (χ3v) is 2.95. The summed E-state index contributed by atoms with van der Waals surface area (Å²) in [5, 5.41) is 3.58. The van der Waals surface area contributed by atoms with Crippen LogP contribution < -0.4 is 5.32 Å². The Morgan fingerprint density at radius 3 is 3.33 bits per heavy atom. The lowest BCUT2D eigenvalue weighted by Crippen LogP contribution is -2.35. The van der Waals surface area contributed by atoms with Crippen LogP contribution in [0.4, 0.5) is 0 Å². The van der Waals surface area contributed by atoms with E-state index in [1.54, 1.807) is 13.4 Å². The number of aryl methyl sites for hydroxylation is 1. The smallest absolute Gasteiger partial charge is 0.108 e. The Balaban J connectivity index is 2.00. The molecule has 0 saturated carbocycles. The third-order valence-electron chi connectivity index (χ3n) is 2.95. The van der Waals surface area contributed by atoms with Crippen molar-refractivity contribution in [2.75, 3.05) is 13.7 Å². The molecule has 1 heterocycles. The summed E-state index contributed by atoms with van der Waals surface area (Å²) in [4.78, 5) is 0. The van der Waals surface area contributed by atoms with Gasteiger partial charge in [0.05, 0.1) is 12.9 Å². The lowest BCUT2D eigenvalue weighted by atomic mass is 9.93. The van der Waals surface area contributed by atoms with Crippen LogP contribution in [0.3, 0.4) is 0 Å². The molecule has 1 aromatic rings. The van der Waals surface area contributed by atoms with Crippen LogP contribution in [0.2, 0.25) is 0 Å². The van der Waals surface area contributed by atoms with Gasteiger partial charge in [0.25, 0.3) is 0 Å². The van der Waals surface area contributed by atoms with Crippen molar-refractivity contribution < 1.29 is 9.15 Å². The Labute approximate surface area is 90.8 Å². The molecule has 0 aliphatic heterocycles. The fourth-order valence-electron chi connectivity index (χ4n) is 2.30.